The maximum absolute atomic E-state index is 8.96. The Bertz CT molecular complexity index is 450. The summed E-state index contributed by atoms with van der Waals surface area (Å²) in [4.78, 5) is 2.36. The van der Waals surface area contributed by atoms with E-state index in [9.17, 15) is 0 Å². The highest BCUT2D eigenvalue weighted by Gasteiger charge is 2.20. The zero-order chi connectivity index (χ0) is 13.0. The molecule has 0 bridgehead atoms. The molecule has 3 nitrogen and oxygen atoms in total. The molecule has 0 N–H and O–H groups in total. The Morgan fingerprint density at radius 2 is 2.39 bits per heavy atom. The molecule has 1 atom stereocenters. The first-order valence-electron chi connectivity index (χ1n) is 6.09. The fourth-order valence-corrected chi connectivity index (χ4v) is 3.54. The molecule has 4 heteroatoms. The predicted octanol–water partition coefficient (Wildman–Crippen LogP) is 2.50. The lowest BCUT2D eigenvalue weighted by molar-refractivity contribution is 0.250. The van der Waals surface area contributed by atoms with Gasteiger partial charge in [-0.1, -0.05) is 0 Å². The standard InChI is InChI=1S/C14H18N2OS/c1-16(13-5-6-18-10-13)9-12-7-11(8-15)3-4-14(12)17-2/h3-4,7,13H,5-6,9-10H2,1-2H3. The van der Waals surface area contributed by atoms with E-state index < -0.39 is 0 Å². The molecule has 1 aromatic rings. The Morgan fingerprint density at radius 3 is 3.00 bits per heavy atom. The maximum Gasteiger partial charge on any atom is 0.123 e. The topological polar surface area (TPSA) is 36.3 Å². The Labute approximate surface area is 113 Å². The number of nitriles is 1. The van der Waals surface area contributed by atoms with Gasteiger partial charge in [0.2, 0.25) is 0 Å². The first-order valence-corrected chi connectivity index (χ1v) is 7.25. The number of methoxy groups -OCH3 is 1. The summed E-state index contributed by atoms with van der Waals surface area (Å²) in [6.07, 6.45) is 1.25. The monoisotopic (exact) mass is 262 g/mol. The van der Waals surface area contributed by atoms with Gasteiger partial charge in [0.1, 0.15) is 5.75 Å². The number of nitrogens with zero attached hydrogens (tertiary/aromatic N) is 2. The molecular formula is C14H18N2OS. The predicted molar refractivity (Wildman–Crippen MR) is 74.9 cm³/mol. The second kappa shape index (κ2) is 6.12. The lowest BCUT2D eigenvalue weighted by Gasteiger charge is -2.24. The van der Waals surface area contributed by atoms with Crippen LogP contribution in [-0.4, -0.2) is 36.6 Å². The van der Waals surface area contributed by atoms with E-state index in [4.69, 9.17) is 10.00 Å². The molecule has 1 aliphatic rings. The van der Waals surface area contributed by atoms with Crippen molar-refractivity contribution in [1.82, 2.24) is 4.90 Å². The molecule has 1 heterocycles. The number of thioether (sulfide) groups is 1. The Kier molecular flexibility index (Phi) is 4.51. The maximum atomic E-state index is 8.96. The summed E-state index contributed by atoms with van der Waals surface area (Å²) in [5, 5.41) is 8.96. The smallest absolute Gasteiger partial charge is 0.123 e. The van der Waals surface area contributed by atoms with Crippen LogP contribution in [0.25, 0.3) is 0 Å². The molecule has 1 unspecified atom stereocenters. The van der Waals surface area contributed by atoms with Crippen LogP contribution in [0.2, 0.25) is 0 Å². The van der Waals surface area contributed by atoms with E-state index in [-0.39, 0.29) is 0 Å². The largest absolute Gasteiger partial charge is 0.496 e. The zero-order valence-corrected chi connectivity index (χ0v) is 11.7. The number of rotatable bonds is 4. The highest BCUT2D eigenvalue weighted by Crippen LogP contribution is 2.26. The van der Waals surface area contributed by atoms with Crippen molar-refractivity contribution in [2.45, 2.75) is 19.0 Å². The SMILES string of the molecule is COc1ccc(C#N)cc1CN(C)C1CCSC1. The highest BCUT2D eigenvalue weighted by atomic mass is 32.2. The molecule has 96 valence electrons. The minimum Gasteiger partial charge on any atom is -0.496 e. The van der Waals surface area contributed by atoms with E-state index >= 15 is 0 Å². The molecule has 2 rings (SSSR count). The highest BCUT2D eigenvalue weighted by molar-refractivity contribution is 7.99. The third-order valence-electron chi connectivity index (χ3n) is 3.36. The van der Waals surface area contributed by atoms with Crippen LogP contribution in [-0.2, 0) is 6.54 Å². The molecule has 1 saturated heterocycles. The van der Waals surface area contributed by atoms with E-state index in [0.29, 0.717) is 11.6 Å². The molecule has 1 fully saturated rings. The number of ether oxygens (including phenoxy) is 1. The minimum atomic E-state index is 0.644. The Balaban J connectivity index is 2.13. The molecule has 0 radical (unpaired) electrons. The van der Waals surface area contributed by atoms with Crippen LogP contribution in [0.15, 0.2) is 18.2 Å². The van der Waals surface area contributed by atoms with E-state index in [1.807, 2.05) is 23.9 Å². The summed E-state index contributed by atoms with van der Waals surface area (Å²) < 4.78 is 5.37. The van der Waals surface area contributed by atoms with Crippen LogP contribution in [0.4, 0.5) is 0 Å². The first kappa shape index (κ1) is 13.3. The molecule has 1 aliphatic heterocycles. The van der Waals surface area contributed by atoms with E-state index in [0.717, 1.165) is 17.9 Å². The van der Waals surface area contributed by atoms with Gasteiger partial charge < -0.3 is 4.74 Å². The van der Waals surface area contributed by atoms with Gasteiger partial charge >= 0.3 is 0 Å². The molecular weight excluding hydrogens is 244 g/mol. The molecule has 18 heavy (non-hydrogen) atoms. The Hall–Kier alpha value is -1.18. The van der Waals surface area contributed by atoms with Crippen LogP contribution in [0, 0.1) is 11.3 Å². The van der Waals surface area contributed by atoms with Gasteiger partial charge in [-0.3, -0.25) is 4.90 Å². The van der Waals surface area contributed by atoms with E-state index in [1.165, 1.54) is 17.9 Å². The Morgan fingerprint density at radius 1 is 1.56 bits per heavy atom. The normalized spacial score (nSPS) is 18.9. The van der Waals surface area contributed by atoms with E-state index in [1.54, 1.807) is 13.2 Å². The van der Waals surface area contributed by atoms with Gasteiger partial charge in [-0.15, -0.1) is 0 Å². The molecule has 0 saturated carbocycles. The van der Waals surface area contributed by atoms with Crippen LogP contribution in [0.1, 0.15) is 17.5 Å². The second-order valence-electron chi connectivity index (χ2n) is 4.57. The number of hydrogen-bond donors (Lipinski definition) is 0. The summed E-state index contributed by atoms with van der Waals surface area (Å²) in [6.45, 7) is 0.837. The zero-order valence-electron chi connectivity index (χ0n) is 10.8. The van der Waals surface area contributed by atoms with Gasteiger partial charge in [0.15, 0.2) is 0 Å². The van der Waals surface area contributed by atoms with Gasteiger partial charge in [-0.2, -0.15) is 17.0 Å². The summed E-state index contributed by atoms with van der Waals surface area (Å²) in [5.41, 5.74) is 1.79. The fourth-order valence-electron chi connectivity index (χ4n) is 2.24. The summed E-state index contributed by atoms with van der Waals surface area (Å²) >= 11 is 2.01. The van der Waals surface area contributed by atoms with Crippen molar-refractivity contribution >= 4 is 11.8 Å². The van der Waals surface area contributed by atoms with Crippen molar-refractivity contribution in [3.63, 3.8) is 0 Å². The molecule has 0 aliphatic carbocycles. The molecule has 0 aromatic heterocycles. The van der Waals surface area contributed by atoms with Crippen LogP contribution in [0.5, 0.6) is 5.75 Å². The molecule has 0 spiro atoms. The van der Waals surface area contributed by atoms with Crippen molar-refractivity contribution in [2.75, 3.05) is 25.7 Å². The lowest BCUT2D eigenvalue weighted by atomic mass is 10.1. The van der Waals surface area contributed by atoms with Crippen molar-refractivity contribution in [3.05, 3.63) is 29.3 Å². The van der Waals surface area contributed by atoms with Crippen molar-refractivity contribution < 1.29 is 4.74 Å². The van der Waals surface area contributed by atoms with Gasteiger partial charge in [-0.05, 0) is 37.4 Å². The second-order valence-corrected chi connectivity index (χ2v) is 5.72. The lowest BCUT2D eigenvalue weighted by Crippen LogP contribution is -2.31. The third-order valence-corrected chi connectivity index (χ3v) is 4.50. The first-order chi connectivity index (χ1) is 8.74. The summed E-state index contributed by atoms with van der Waals surface area (Å²) in [7, 11) is 3.82. The average Bonchev–Trinajstić information content (AvgIpc) is 2.92. The molecule has 0 amide bonds. The van der Waals surface area contributed by atoms with Crippen LogP contribution in [0.3, 0.4) is 0 Å². The average molecular weight is 262 g/mol. The van der Waals surface area contributed by atoms with Gasteiger partial charge in [0, 0.05) is 23.9 Å². The third kappa shape index (κ3) is 2.98. The van der Waals surface area contributed by atoms with Crippen molar-refractivity contribution in [3.8, 4) is 11.8 Å². The van der Waals surface area contributed by atoms with Gasteiger partial charge in [-0.25, -0.2) is 0 Å². The number of benzene rings is 1. The number of hydrogen-bond acceptors (Lipinski definition) is 4. The van der Waals surface area contributed by atoms with Crippen LogP contribution < -0.4 is 4.74 Å². The van der Waals surface area contributed by atoms with Crippen molar-refractivity contribution in [1.29, 1.82) is 5.26 Å². The van der Waals surface area contributed by atoms with Gasteiger partial charge in [0.05, 0.1) is 18.7 Å². The van der Waals surface area contributed by atoms with E-state index in [2.05, 4.69) is 18.0 Å². The fraction of sp³-hybridized carbons (Fsp3) is 0.500. The van der Waals surface area contributed by atoms with Crippen molar-refractivity contribution in [2.24, 2.45) is 0 Å². The summed E-state index contributed by atoms with van der Waals surface area (Å²) in [5.74, 6) is 3.33. The summed E-state index contributed by atoms with van der Waals surface area (Å²) in [6, 6.07) is 8.43. The minimum absolute atomic E-state index is 0.644. The quantitative estimate of drug-likeness (QED) is 0.835. The van der Waals surface area contributed by atoms with Gasteiger partial charge in [0.25, 0.3) is 0 Å². The van der Waals surface area contributed by atoms with Crippen LogP contribution >= 0.6 is 11.8 Å². The molecule has 1 aromatic carbocycles.